The Hall–Kier alpha value is -2.38. The molecule has 0 N–H and O–H groups in total. The average molecular weight is 351 g/mol. The first-order valence-corrected chi connectivity index (χ1v) is 7.87. The predicted octanol–water partition coefficient (Wildman–Crippen LogP) is 2.53. The van der Waals surface area contributed by atoms with E-state index in [2.05, 4.69) is 4.98 Å². The van der Waals surface area contributed by atoms with Crippen molar-refractivity contribution in [3.63, 3.8) is 0 Å². The van der Waals surface area contributed by atoms with E-state index in [1.165, 1.54) is 21.8 Å². The second kappa shape index (κ2) is 6.80. The van der Waals surface area contributed by atoms with E-state index >= 15 is 0 Å². The highest BCUT2D eigenvalue weighted by Gasteiger charge is 2.08. The summed E-state index contributed by atoms with van der Waals surface area (Å²) in [6.45, 7) is -0.331. The molecule has 23 heavy (non-hydrogen) atoms. The molecule has 2 aromatic heterocycles. The van der Waals surface area contributed by atoms with Crippen LogP contribution in [0, 0.1) is 0 Å². The van der Waals surface area contributed by atoms with Gasteiger partial charge in [0.2, 0.25) is 0 Å². The van der Waals surface area contributed by atoms with E-state index in [1.807, 2.05) is 0 Å². The van der Waals surface area contributed by atoms with Crippen LogP contribution in [-0.2, 0) is 16.1 Å². The summed E-state index contributed by atoms with van der Waals surface area (Å²) >= 11 is 7.15. The Morgan fingerprint density at radius 1 is 1.35 bits per heavy atom. The summed E-state index contributed by atoms with van der Waals surface area (Å²) in [5, 5.41) is 2.28. The van der Waals surface area contributed by atoms with Crippen molar-refractivity contribution in [2.75, 3.05) is 6.61 Å². The minimum Gasteiger partial charge on any atom is -0.482 e. The summed E-state index contributed by atoms with van der Waals surface area (Å²) in [6, 6.07) is 8.05. The summed E-state index contributed by atoms with van der Waals surface area (Å²) in [7, 11) is 0. The third kappa shape index (κ3) is 3.88. The normalized spacial score (nSPS) is 10.7. The van der Waals surface area contributed by atoms with Crippen LogP contribution in [0.25, 0.3) is 4.96 Å². The second-order valence-corrected chi connectivity index (χ2v) is 5.86. The molecule has 0 saturated heterocycles. The highest BCUT2D eigenvalue weighted by atomic mass is 35.5. The number of aromatic nitrogens is 2. The van der Waals surface area contributed by atoms with Crippen LogP contribution >= 0.6 is 22.9 Å². The molecule has 6 nitrogen and oxygen atoms in total. The first-order valence-electron chi connectivity index (χ1n) is 6.61. The van der Waals surface area contributed by atoms with Crippen LogP contribution in [0.4, 0.5) is 0 Å². The molecule has 0 aliphatic carbocycles. The molecule has 0 unspecified atom stereocenters. The number of ether oxygens (including phenoxy) is 2. The van der Waals surface area contributed by atoms with Crippen LogP contribution in [0.5, 0.6) is 5.75 Å². The highest BCUT2D eigenvalue weighted by Crippen LogP contribution is 2.17. The molecular weight excluding hydrogens is 340 g/mol. The zero-order valence-electron chi connectivity index (χ0n) is 11.8. The number of nitrogens with zero attached hydrogens (tertiary/aromatic N) is 2. The van der Waals surface area contributed by atoms with Crippen molar-refractivity contribution in [3.05, 3.63) is 63.0 Å². The summed E-state index contributed by atoms with van der Waals surface area (Å²) in [4.78, 5) is 28.3. The van der Waals surface area contributed by atoms with Gasteiger partial charge in [0.05, 0.1) is 5.69 Å². The van der Waals surface area contributed by atoms with Crippen LogP contribution in [0.15, 0.2) is 46.7 Å². The van der Waals surface area contributed by atoms with Gasteiger partial charge in [-0.2, -0.15) is 0 Å². The van der Waals surface area contributed by atoms with Crippen LogP contribution < -0.4 is 10.3 Å². The molecule has 8 heteroatoms. The Morgan fingerprint density at radius 3 is 3.04 bits per heavy atom. The average Bonchev–Trinajstić information content (AvgIpc) is 3.00. The Morgan fingerprint density at radius 2 is 2.22 bits per heavy atom. The van der Waals surface area contributed by atoms with Crippen molar-refractivity contribution >= 4 is 33.9 Å². The number of benzene rings is 1. The Labute approximate surface area is 139 Å². The number of hydrogen-bond donors (Lipinski definition) is 0. The molecule has 0 spiro atoms. The van der Waals surface area contributed by atoms with Crippen molar-refractivity contribution in [1.82, 2.24) is 9.38 Å². The molecule has 0 fully saturated rings. The molecule has 118 valence electrons. The van der Waals surface area contributed by atoms with Crippen molar-refractivity contribution in [3.8, 4) is 5.75 Å². The zero-order chi connectivity index (χ0) is 16.2. The van der Waals surface area contributed by atoms with Gasteiger partial charge in [-0.05, 0) is 18.2 Å². The summed E-state index contributed by atoms with van der Waals surface area (Å²) in [5.74, 6) is -0.0796. The molecule has 3 aromatic rings. The quantitative estimate of drug-likeness (QED) is 0.661. The minimum absolute atomic E-state index is 0.0820. The number of esters is 1. The zero-order valence-corrected chi connectivity index (χ0v) is 13.3. The van der Waals surface area contributed by atoms with E-state index in [9.17, 15) is 9.59 Å². The lowest BCUT2D eigenvalue weighted by Crippen LogP contribution is -2.17. The molecule has 0 bridgehead atoms. The summed E-state index contributed by atoms with van der Waals surface area (Å²) in [5.41, 5.74) is 0.186. The molecule has 3 rings (SSSR count). The fourth-order valence-corrected chi connectivity index (χ4v) is 2.78. The van der Waals surface area contributed by atoms with Crippen molar-refractivity contribution in [2.24, 2.45) is 0 Å². The smallest absolute Gasteiger partial charge is 0.344 e. The summed E-state index contributed by atoms with van der Waals surface area (Å²) in [6.07, 6.45) is 1.64. The Bertz CT molecular complexity index is 906. The number of hydrogen-bond acceptors (Lipinski definition) is 6. The highest BCUT2D eigenvalue weighted by molar-refractivity contribution is 7.15. The van der Waals surface area contributed by atoms with Gasteiger partial charge in [0.25, 0.3) is 5.56 Å². The second-order valence-electron chi connectivity index (χ2n) is 4.55. The molecule has 0 radical (unpaired) electrons. The molecule has 0 aliphatic rings. The molecule has 0 amide bonds. The minimum atomic E-state index is -0.557. The first kappa shape index (κ1) is 15.5. The number of carbonyl (C=O) groups excluding carboxylic acids is 1. The molecular formula is C15H11ClN2O4S. The Kier molecular flexibility index (Phi) is 4.59. The lowest BCUT2D eigenvalue weighted by molar-refractivity contribution is -0.147. The van der Waals surface area contributed by atoms with Gasteiger partial charge in [-0.15, -0.1) is 11.3 Å². The molecule has 1 aromatic carbocycles. The maximum atomic E-state index is 11.8. The largest absolute Gasteiger partial charge is 0.482 e. The summed E-state index contributed by atoms with van der Waals surface area (Å²) < 4.78 is 11.8. The lowest BCUT2D eigenvalue weighted by Gasteiger charge is -2.07. The maximum absolute atomic E-state index is 11.8. The lowest BCUT2D eigenvalue weighted by atomic mass is 10.3. The van der Waals surface area contributed by atoms with Gasteiger partial charge in [-0.3, -0.25) is 9.20 Å². The van der Waals surface area contributed by atoms with Crippen LogP contribution in [-0.4, -0.2) is 22.0 Å². The number of halogens is 1. The SMILES string of the molecule is O=C(COc1cccc(Cl)c1)OCc1cc(=O)n2ccsc2n1. The molecule has 2 heterocycles. The monoisotopic (exact) mass is 350 g/mol. The maximum Gasteiger partial charge on any atom is 0.344 e. The van der Waals surface area contributed by atoms with Gasteiger partial charge in [0.1, 0.15) is 12.4 Å². The van der Waals surface area contributed by atoms with Crippen molar-refractivity contribution in [2.45, 2.75) is 6.61 Å². The van der Waals surface area contributed by atoms with Gasteiger partial charge in [0.15, 0.2) is 11.6 Å². The van der Waals surface area contributed by atoms with Gasteiger partial charge >= 0.3 is 5.97 Å². The third-order valence-electron chi connectivity index (χ3n) is 2.89. The standard InChI is InChI=1S/C15H11ClN2O4S/c16-10-2-1-3-12(6-10)21-9-14(20)22-8-11-7-13(19)18-4-5-23-15(18)17-11/h1-7H,8-9H2. The molecule has 0 saturated carbocycles. The number of thiazole rings is 1. The van der Waals surface area contributed by atoms with E-state index in [1.54, 1.807) is 35.8 Å². The third-order valence-corrected chi connectivity index (χ3v) is 3.88. The van der Waals surface area contributed by atoms with Gasteiger partial charge in [-0.25, -0.2) is 9.78 Å². The number of carbonyl (C=O) groups is 1. The Balaban J connectivity index is 1.56. The van der Waals surface area contributed by atoms with E-state index in [0.29, 0.717) is 21.4 Å². The van der Waals surface area contributed by atoms with Gasteiger partial charge < -0.3 is 9.47 Å². The van der Waals surface area contributed by atoms with Gasteiger partial charge in [0, 0.05) is 22.7 Å². The van der Waals surface area contributed by atoms with E-state index in [4.69, 9.17) is 21.1 Å². The fourth-order valence-electron chi connectivity index (χ4n) is 1.86. The van der Waals surface area contributed by atoms with Crippen LogP contribution in [0.2, 0.25) is 5.02 Å². The van der Waals surface area contributed by atoms with Crippen molar-refractivity contribution < 1.29 is 14.3 Å². The fraction of sp³-hybridized carbons (Fsp3) is 0.133. The molecule has 0 aliphatic heterocycles. The van der Waals surface area contributed by atoms with E-state index in [0.717, 1.165) is 0 Å². The van der Waals surface area contributed by atoms with Crippen LogP contribution in [0.3, 0.4) is 0 Å². The number of fused-ring (bicyclic) bond motifs is 1. The van der Waals surface area contributed by atoms with E-state index in [-0.39, 0.29) is 18.8 Å². The predicted molar refractivity (Wildman–Crippen MR) is 86.1 cm³/mol. The van der Waals surface area contributed by atoms with Gasteiger partial charge in [-0.1, -0.05) is 17.7 Å². The van der Waals surface area contributed by atoms with Crippen LogP contribution in [0.1, 0.15) is 5.69 Å². The topological polar surface area (TPSA) is 69.9 Å². The van der Waals surface area contributed by atoms with E-state index < -0.39 is 5.97 Å². The van der Waals surface area contributed by atoms with Crippen molar-refractivity contribution in [1.29, 1.82) is 0 Å². The molecule has 0 atom stereocenters. The number of rotatable bonds is 5. The first-order chi connectivity index (χ1) is 11.1.